The summed E-state index contributed by atoms with van der Waals surface area (Å²) >= 11 is 6.39. The number of ether oxygens (including phenoxy) is 2. The molecule has 0 spiro atoms. The van der Waals surface area contributed by atoms with Crippen LogP contribution in [0.5, 0.6) is 11.5 Å². The van der Waals surface area contributed by atoms with E-state index in [1.54, 1.807) is 31.3 Å². The van der Waals surface area contributed by atoms with Gasteiger partial charge in [-0.1, -0.05) is 23.7 Å². The van der Waals surface area contributed by atoms with Crippen molar-refractivity contribution in [3.05, 3.63) is 57.2 Å². The van der Waals surface area contributed by atoms with Crippen LogP contribution in [0.25, 0.3) is 22.3 Å². The van der Waals surface area contributed by atoms with Crippen LogP contribution in [-0.4, -0.2) is 91.7 Å². The summed E-state index contributed by atoms with van der Waals surface area (Å²) in [5, 5.41) is 25.6. The third kappa shape index (κ3) is 5.75. The maximum Gasteiger partial charge on any atom is 0.415 e. The van der Waals surface area contributed by atoms with Gasteiger partial charge in [-0.15, -0.1) is 0 Å². The lowest BCUT2D eigenvalue weighted by molar-refractivity contribution is 0.0613. The quantitative estimate of drug-likeness (QED) is 0.434. The van der Waals surface area contributed by atoms with Crippen LogP contribution in [0.3, 0.4) is 0 Å². The molecular weight excluding hydrogens is 526 g/mol. The monoisotopic (exact) mass is 557 g/mol. The fourth-order valence-electron chi connectivity index (χ4n) is 5.28. The molecule has 10 nitrogen and oxygen atoms in total. The number of carbonyl (C=O) groups is 1. The smallest absolute Gasteiger partial charge is 0.415 e. The molecule has 0 unspecified atom stereocenters. The zero-order chi connectivity index (χ0) is 27.7. The summed E-state index contributed by atoms with van der Waals surface area (Å²) in [6.07, 6.45) is -0.972. The molecule has 2 aromatic carbocycles. The Morgan fingerprint density at radius 1 is 1.31 bits per heavy atom. The van der Waals surface area contributed by atoms with Gasteiger partial charge in [-0.2, -0.15) is 0 Å². The SMILES string of the molecule is CN1CC[C@H](c2c(OC(=O)N(C)C[C@@H]3COCCN3)cc(O)c3c(=O)cc(-c4ccccc4Cl)oc23)[C@H](O)C1. The number of morpholine rings is 1. The Morgan fingerprint density at radius 3 is 2.82 bits per heavy atom. The van der Waals surface area contributed by atoms with Crippen molar-refractivity contribution in [3.63, 3.8) is 0 Å². The normalized spacial score (nSPS) is 22.1. The Balaban J connectivity index is 1.61. The van der Waals surface area contributed by atoms with E-state index in [0.29, 0.717) is 62.0 Å². The molecule has 3 N–H and O–H groups in total. The largest absolute Gasteiger partial charge is 0.507 e. The van der Waals surface area contributed by atoms with Gasteiger partial charge in [0.05, 0.1) is 24.3 Å². The van der Waals surface area contributed by atoms with Gasteiger partial charge >= 0.3 is 6.09 Å². The summed E-state index contributed by atoms with van der Waals surface area (Å²) in [4.78, 5) is 29.9. The van der Waals surface area contributed by atoms with Gasteiger partial charge < -0.3 is 39.2 Å². The van der Waals surface area contributed by atoms with E-state index < -0.39 is 23.5 Å². The molecule has 0 saturated carbocycles. The lowest BCUT2D eigenvalue weighted by atomic mass is 9.85. The highest BCUT2D eigenvalue weighted by molar-refractivity contribution is 6.33. The zero-order valence-corrected chi connectivity index (χ0v) is 22.6. The number of piperidine rings is 1. The lowest BCUT2D eigenvalue weighted by Crippen LogP contribution is -2.49. The molecule has 39 heavy (non-hydrogen) atoms. The summed E-state index contributed by atoms with van der Waals surface area (Å²) in [5.41, 5.74) is 0.427. The Morgan fingerprint density at radius 2 is 2.10 bits per heavy atom. The van der Waals surface area contributed by atoms with Crippen LogP contribution >= 0.6 is 11.6 Å². The first-order chi connectivity index (χ1) is 18.7. The number of carbonyl (C=O) groups excluding carboxylic acids is 1. The second kappa shape index (κ2) is 11.5. The number of phenols is 1. The summed E-state index contributed by atoms with van der Waals surface area (Å²) in [7, 11) is 3.52. The Kier molecular flexibility index (Phi) is 8.11. The van der Waals surface area contributed by atoms with E-state index in [2.05, 4.69) is 5.32 Å². The molecule has 5 rings (SSSR count). The molecule has 2 aliphatic rings. The minimum absolute atomic E-state index is 0.0257. The molecule has 3 aromatic rings. The highest BCUT2D eigenvalue weighted by Gasteiger charge is 2.34. The molecule has 0 radical (unpaired) electrons. The third-order valence-corrected chi connectivity index (χ3v) is 7.61. The minimum Gasteiger partial charge on any atom is -0.507 e. The second-order valence-electron chi connectivity index (χ2n) is 10.2. The van der Waals surface area contributed by atoms with Gasteiger partial charge in [-0.3, -0.25) is 4.79 Å². The number of nitrogens with one attached hydrogen (secondary N) is 1. The first-order valence-corrected chi connectivity index (χ1v) is 13.3. The number of amides is 1. The standard InChI is InChI=1S/C28H32ClN3O7/c1-31-9-7-18(22(35)14-31)25-24(39-28(36)32(2)13-16-15-37-10-8-30-16)12-21(34)26-20(33)11-23(38-27(25)26)17-5-3-4-6-19(17)29/h3-6,11-12,16,18,22,30,34-35H,7-10,13-15H2,1-2H3/t16-,18+,22-/m1/s1. The Bertz CT molecular complexity index is 1420. The number of halogens is 1. The van der Waals surface area contributed by atoms with E-state index in [-0.39, 0.29) is 34.3 Å². The first-order valence-electron chi connectivity index (χ1n) is 12.9. The van der Waals surface area contributed by atoms with E-state index in [9.17, 15) is 19.8 Å². The average Bonchev–Trinajstić information content (AvgIpc) is 2.90. The fourth-order valence-corrected chi connectivity index (χ4v) is 5.51. The summed E-state index contributed by atoms with van der Waals surface area (Å²) in [6, 6.07) is 9.41. The summed E-state index contributed by atoms with van der Waals surface area (Å²) in [6.45, 7) is 3.16. The number of β-amino-alcohol motifs (C(OH)–C–C–N with tert-alkyl or cyclic N) is 1. The van der Waals surface area contributed by atoms with E-state index in [1.807, 2.05) is 11.9 Å². The topological polar surface area (TPSA) is 125 Å². The molecule has 1 aromatic heterocycles. The van der Waals surface area contributed by atoms with Gasteiger partial charge in [-0.05, 0) is 32.1 Å². The van der Waals surface area contributed by atoms with E-state index >= 15 is 0 Å². The van der Waals surface area contributed by atoms with Crippen molar-refractivity contribution in [1.82, 2.24) is 15.1 Å². The number of hydrogen-bond acceptors (Lipinski definition) is 9. The van der Waals surface area contributed by atoms with Crippen molar-refractivity contribution in [2.24, 2.45) is 0 Å². The number of benzene rings is 2. The Labute approximate surface area is 230 Å². The molecule has 208 valence electrons. The van der Waals surface area contributed by atoms with Crippen molar-refractivity contribution in [2.75, 3.05) is 53.5 Å². The summed E-state index contributed by atoms with van der Waals surface area (Å²) < 4.78 is 17.5. The molecule has 0 bridgehead atoms. The second-order valence-corrected chi connectivity index (χ2v) is 10.6. The van der Waals surface area contributed by atoms with Crippen LogP contribution < -0.4 is 15.5 Å². The van der Waals surface area contributed by atoms with Crippen molar-refractivity contribution in [1.29, 1.82) is 0 Å². The van der Waals surface area contributed by atoms with Crippen LogP contribution in [-0.2, 0) is 4.74 Å². The maximum absolute atomic E-state index is 13.3. The number of nitrogens with zero attached hydrogens (tertiary/aromatic N) is 2. The van der Waals surface area contributed by atoms with Gasteiger partial charge in [-0.25, -0.2) is 4.79 Å². The predicted molar refractivity (Wildman–Crippen MR) is 147 cm³/mol. The third-order valence-electron chi connectivity index (χ3n) is 7.28. The zero-order valence-electron chi connectivity index (χ0n) is 21.9. The molecular formula is C28H32ClN3O7. The maximum atomic E-state index is 13.3. The van der Waals surface area contributed by atoms with Gasteiger partial charge in [0, 0.05) is 61.9 Å². The molecule has 2 fully saturated rings. The van der Waals surface area contributed by atoms with Crippen LogP contribution in [0.15, 0.2) is 45.6 Å². The van der Waals surface area contributed by atoms with Gasteiger partial charge in [0.1, 0.15) is 28.2 Å². The van der Waals surface area contributed by atoms with Crippen molar-refractivity contribution in [3.8, 4) is 22.8 Å². The predicted octanol–water partition coefficient (Wildman–Crippen LogP) is 3.02. The van der Waals surface area contributed by atoms with E-state index in [1.165, 1.54) is 17.0 Å². The van der Waals surface area contributed by atoms with Crippen LogP contribution in [0, 0.1) is 0 Å². The van der Waals surface area contributed by atoms with Crippen LogP contribution in [0.4, 0.5) is 4.79 Å². The lowest BCUT2D eigenvalue weighted by Gasteiger charge is -2.35. The average molecular weight is 558 g/mol. The van der Waals surface area contributed by atoms with Gasteiger partial charge in [0.2, 0.25) is 0 Å². The molecule has 11 heteroatoms. The molecule has 0 aliphatic carbocycles. The fraction of sp³-hybridized carbons (Fsp3) is 0.429. The number of rotatable bonds is 5. The number of aliphatic hydroxyl groups excluding tert-OH is 1. The van der Waals surface area contributed by atoms with Crippen molar-refractivity contribution >= 4 is 28.7 Å². The van der Waals surface area contributed by atoms with Gasteiger partial charge in [0.15, 0.2) is 5.43 Å². The van der Waals surface area contributed by atoms with Crippen LogP contribution in [0.2, 0.25) is 5.02 Å². The van der Waals surface area contributed by atoms with Gasteiger partial charge in [0.25, 0.3) is 0 Å². The molecule has 2 saturated heterocycles. The van der Waals surface area contributed by atoms with Crippen LogP contribution in [0.1, 0.15) is 17.9 Å². The molecule has 3 atom stereocenters. The number of hydrogen-bond donors (Lipinski definition) is 3. The number of aliphatic hydroxyl groups is 1. The summed E-state index contributed by atoms with van der Waals surface area (Å²) in [5.74, 6) is -0.679. The number of aromatic hydroxyl groups is 1. The number of fused-ring (bicyclic) bond motifs is 1. The molecule has 1 amide bonds. The highest BCUT2D eigenvalue weighted by atomic mass is 35.5. The Hall–Kier alpha value is -3.15. The first kappa shape index (κ1) is 27.4. The number of likely N-dealkylation sites (N-methyl/N-ethyl adjacent to an activating group) is 2. The number of likely N-dealkylation sites (tertiary alicyclic amines) is 1. The van der Waals surface area contributed by atoms with Crippen molar-refractivity contribution in [2.45, 2.75) is 24.5 Å². The van der Waals surface area contributed by atoms with E-state index in [4.69, 9.17) is 25.5 Å². The van der Waals surface area contributed by atoms with E-state index in [0.717, 1.165) is 0 Å². The molecule has 2 aliphatic heterocycles. The highest BCUT2D eigenvalue weighted by Crippen LogP contribution is 2.43. The molecule has 3 heterocycles. The number of phenolic OH excluding ortho intramolecular Hbond substituents is 1. The minimum atomic E-state index is -0.829. The van der Waals surface area contributed by atoms with Crippen molar-refractivity contribution < 1.29 is 28.9 Å².